The molecule has 0 spiro atoms. The van der Waals surface area contributed by atoms with E-state index in [1.54, 1.807) is 0 Å². The van der Waals surface area contributed by atoms with Gasteiger partial charge in [0.1, 0.15) is 5.69 Å². The lowest BCUT2D eigenvalue weighted by Gasteiger charge is -2.13. The van der Waals surface area contributed by atoms with E-state index in [1.165, 1.54) is 5.56 Å². The molecule has 0 aromatic carbocycles. The van der Waals surface area contributed by atoms with Crippen molar-refractivity contribution in [1.29, 1.82) is 0 Å². The third kappa shape index (κ3) is 3.64. The van der Waals surface area contributed by atoms with Crippen molar-refractivity contribution in [2.45, 2.75) is 40.0 Å². The zero-order valence-electron chi connectivity index (χ0n) is 13.4. The first kappa shape index (κ1) is 15.6. The fourth-order valence-electron chi connectivity index (χ4n) is 2.49. The summed E-state index contributed by atoms with van der Waals surface area (Å²) < 4.78 is 0. The lowest BCUT2D eigenvalue weighted by atomic mass is 10.0. The van der Waals surface area contributed by atoms with Gasteiger partial charge in [-0.05, 0) is 57.5 Å². The van der Waals surface area contributed by atoms with E-state index in [1.807, 2.05) is 32.2 Å². The van der Waals surface area contributed by atoms with Crippen LogP contribution in [0.3, 0.4) is 0 Å². The van der Waals surface area contributed by atoms with Crippen LogP contribution in [0.5, 0.6) is 0 Å². The number of hydrogen-bond donors (Lipinski definition) is 1. The predicted molar refractivity (Wildman–Crippen MR) is 86.4 cm³/mol. The van der Waals surface area contributed by atoms with Crippen molar-refractivity contribution in [3.8, 4) is 11.5 Å². The fourth-order valence-corrected chi connectivity index (χ4v) is 2.49. The minimum Gasteiger partial charge on any atom is -0.319 e. The second kappa shape index (κ2) is 7.27. The molecule has 0 aliphatic rings. The van der Waals surface area contributed by atoms with Crippen LogP contribution in [-0.4, -0.2) is 28.5 Å². The highest BCUT2D eigenvalue weighted by Gasteiger charge is 2.13. The van der Waals surface area contributed by atoms with Crippen molar-refractivity contribution in [3.63, 3.8) is 0 Å². The van der Waals surface area contributed by atoms with Gasteiger partial charge in [0.2, 0.25) is 0 Å². The van der Waals surface area contributed by atoms with Gasteiger partial charge in [-0.3, -0.25) is 0 Å². The topological polar surface area (TPSA) is 50.7 Å². The molecular weight excluding hydrogens is 260 g/mol. The lowest BCUT2D eigenvalue weighted by Crippen LogP contribution is -2.15. The maximum absolute atomic E-state index is 4.76. The van der Waals surface area contributed by atoms with Gasteiger partial charge in [-0.15, -0.1) is 0 Å². The molecule has 0 aliphatic carbocycles. The van der Waals surface area contributed by atoms with E-state index in [-0.39, 0.29) is 0 Å². The van der Waals surface area contributed by atoms with Crippen LogP contribution >= 0.6 is 0 Å². The van der Waals surface area contributed by atoms with Crippen LogP contribution in [0.15, 0.2) is 18.2 Å². The first-order chi connectivity index (χ1) is 10.2. The summed E-state index contributed by atoms with van der Waals surface area (Å²) in [5.74, 6) is 0.751. The molecule has 0 amide bonds. The molecule has 4 nitrogen and oxygen atoms in total. The highest BCUT2D eigenvalue weighted by Crippen LogP contribution is 2.20. The molecule has 2 rings (SSSR count). The van der Waals surface area contributed by atoms with E-state index in [2.05, 4.69) is 24.1 Å². The first-order valence-corrected chi connectivity index (χ1v) is 7.66. The Morgan fingerprint density at radius 2 is 1.67 bits per heavy atom. The van der Waals surface area contributed by atoms with E-state index in [4.69, 9.17) is 9.97 Å². The van der Waals surface area contributed by atoms with Crippen LogP contribution in [0.25, 0.3) is 11.5 Å². The Hall–Kier alpha value is -1.81. The van der Waals surface area contributed by atoms with Gasteiger partial charge in [-0.2, -0.15) is 0 Å². The minimum absolute atomic E-state index is 0.751. The lowest BCUT2D eigenvalue weighted by molar-refractivity contribution is 0.760. The Balaban J connectivity index is 2.49. The van der Waals surface area contributed by atoms with Crippen molar-refractivity contribution >= 4 is 0 Å². The molecule has 4 heteroatoms. The third-order valence-corrected chi connectivity index (χ3v) is 3.59. The maximum atomic E-state index is 4.76. The first-order valence-electron chi connectivity index (χ1n) is 7.66. The molecule has 0 saturated heterocycles. The summed E-state index contributed by atoms with van der Waals surface area (Å²) in [7, 11) is 1.98. The largest absolute Gasteiger partial charge is 0.319 e. The zero-order valence-corrected chi connectivity index (χ0v) is 13.4. The third-order valence-electron chi connectivity index (χ3n) is 3.59. The van der Waals surface area contributed by atoms with E-state index < -0.39 is 0 Å². The van der Waals surface area contributed by atoms with Gasteiger partial charge < -0.3 is 5.32 Å². The SMILES string of the molecule is CCc1nc(-c2cccc(C)n2)nc(CC)c1CCNC. The summed E-state index contributed by atoms with van der Waals surface area (Å²) in [5, 5.41) is 3.20. The smallest absolute Gasteiger partial charge is 0.178 e. The number of aryl methyl sites for hydroxylation is 3. The maximum Gasteiger partial charge on any atom is 0.178 e. The van der Waals surface area contributed by atoms with Crippen LogP contribution in [0.4, 0.5) is 0 Å². The molecule has 112 valence electrons. The van der Waals surface area contributed by atoms with E-state index in [0.29, 0.717) is 0 Å². The van der Waals surface area contributed by atoms with Crippen molar-refractivity contribution < 1.29 is 0 Å². The number of pyridine rings is 1. The second-order valence-corrected chi connectivity index (χ2v) is 5.14. The van der Waals surface area contributed by atoms with Crippen molar-refractivity contribution in [2.24, 2.45) is 0 Å². The summed E-state index contributed by atoms with van der Waals surface area (Å²) in [6.45, 7) is 7.24. The molecule has 2 aromatic rings. The Morgan fingerprint density at radius 1 is 1.00 bits per heavy atom. The predicted octanol–water partition coefficient (Wildman–Crippen LogP) is 2.73. The van der Waals surface area contributed by atoms with Gasteiger partial charge in [0, 0.05) is 17.1 Å². The Bertz CT molecular complexity index is 582. The molecule has 0 atom stereocenters. The summed E-state index contributed by atoms with van der Waals surface area (Å²) in [4.78, 5) is 14.1. The Labute approximate surface area is 127 Å². The molecule has 0 radical (unpaired) electrons. The summed E-state index contributed by atoms with van der Waals surface area (Å²) in [6, 6.07) is 5.98. The summed E-state index contributed by atoms with van der Waals surface area (Å²) in [5.41, 5.74) is 5.45. The van der Waals surface area contributed by atoms with E-state index in [9.17, 15) is 0 Å². The molecule has 0 saturated carbocycles. The molecule has 1 N–H and O–H groups in total. The molecule has 0 fully saturated rings. The molecule has 2 heterocycles. The number of nitrogens with one attached hydrogen (secondary N) is 1. The highest BCUT2D eigenvalue weighted by atomic mass is 14.9. The summed E-state index contributed by atoms with van der Waals surface area (Å²) in [6.07, 6.45) is 2.82. The molecule has 0 bridgehead atoms. The number of hydrogen-bond acceptors (Lipinski definition) is 4. The van der Waals surface area contributed by atoms with Gasteiger partial charge in [0.25, 0.3) is 0 Å². The quantitative estimate of drug-likeness (QED) is 0.886. The molecule has 0 aliphatic heterocycles. The number of rotatable bonds is 6. The Morgan fingerprint density at radius 3 is 2.19 bits per heavy atom. The van der Waals surface area contributed by atoms with Crippen LogP contribution < -0.4 is 5.32 Å². The Kier molecular flexibility index (Phi) is 5.39. The van der Waals surface area contributed by atoms with E-state index in [0.717, 1.165) is 54.4 Å². The fraction of sp³-hybridized carbons (Fsp3) is 0.471. The van der Waals surface area contributed by atoms with Crippen molar-refractivity contribution in [1.82, 2.24) is 20.3 Å². The average Bonchev–Trinajstić information content (AvgIpc) is 2.52. The van der Waals surface area contributed by atoms with Crippen molar-refractivity contribution in [2.75, 3.05) is 13.6 Å². The number of likely N-dealkylation sites (N-methyl/N-ethyl adjacent to an activating group) is 1. The van der Waals surface area contributed by atoms with Gasteiger partial charge in [0.15, 0.2) is 5.82 Å². The number of aromatic nitrogens is 3. The molecule has 21 heavy (non-hydrogen) atoms. The average molecular weight is 284 g/mol. The van der Waals surface area contributed by atoms with Crippen LogP contribution in [0.1, 0.15) is 36.5 Å². The standard InChI is InChI=1S/C17H24N4/c1-5-14-13(10-11-18-4)15(6-2)21-17(20-14)16-9-7-8-12(3)19-16/h7-9,18H,5-6,10-11H2,1-4H3. The number of nitrogens with zero attached hydrogens (tertiary/aromatic N) is 3. The van der Waals surface area contributed by atoms with Gasteiger partial charge >= 0.3 is 0 Å². The van der Waals surface area contributed by atoms with Crippen molar-refractivity contribution in [3.05, 3.63) is 40.8 Å². The molecular formula is C17H24N4. The van der Waals surface area contributed by atoms with E-state index >= 15 is 0 Å². The molecule has 2 aromatic heterocycles. The van der Waals surface area contributed by atoms with Crippen LogP contribution in [0.2, 0.25) is 0 Å². The normalized spacial score (nSPS) is 10.9. The molecule has 0 unspecified atom stereocenters. The second-order valence-electron chi connectivity index (χ2n) is 5.14. The zero-order chi connectivity index (χ0) is 15.2. The van der Waals surface area contributed by atoms with Crippen LogP contribution in [-0.2, 0) is 19.3 Å². The van der Waals surface area contributed by atoms with Gasteiger partial charge in [-0.1, -0.05) is 19.9 Å². The monoisotopic (exact) mass is 284 g/mol. The van der Waals surface area contributed by atoms with Gasteiger partial charge in [-0.25, -0.2) is 15.0 Å². The highest BCUT2D eigenvalue weighted by molar-refractivity contribution is 5.51. The van der Waals surface area contributed by atoms with Crippen LogP contribution in [0, 0.1) is 6.92 Å². The summed E-state index contributed by atoms with van der Waals surface area (Å²) >= 11 is 0. The van der Waals surface area contributed by atoms with Gasteiger partial charge in [0.05, 0.1) is 0 Å². The minimum atomic E-state index is 0.751.